The van der Waals surface area contributed by atoms with Crippen LogP contribution in [0.2, 0.25) is 0 Å². The molecule has 1 aliphatic carbocycles. The third kappa shape index (κ3) is 4.24. The van der Waals surface area contributed by atoms with E-state index < -0.39 is 0 Å². The lowest BCUT2D eigenvalue weighted by Crippen LogP contribution is -2.26. The van der Waals surface area contributed by atoms with Gasteiger partial charge in [0.2, 0.25) is 0 Å². The van der Waals surface area contributed by atoms with Crippen LogP contribution in [0.1, 0.15) is 69.0 Å². The topological polar surface area (TPSA) is 21.3 Å². The standard InChI is InChI=1S/C18H29NO/c1-3-4-5-6-7-13-19-18-10-8-9-15-14-16(20-2)11-12-17(15)18/h11-12,14,18-19H,3-10,13H2,1-2H3/t18-/m1/s1. The number of rotatable bonds is 8. The van der Waals surface area contributed by atoms with Gasteiger partial charge in [0.15, 0.2) is 0 Å². The van der Waals surface area contributed by atoms with Crippen molar-refractivity contribution in [3.63, 3.8) is 0 Å². The first-order chi connectivity index (χ1) is 9.85. The number of methoxy groups -OCH3 is 1. The summed E-state index contributed by atoms with van der Waals surface area (Å²) in [5.74, 6) is 0.990. The Bertz CT molecular complexity index is 402. The van der Waals surface area contributed by atoms with Crippen LogP contribution in [0.5, 0.6) is 5.75 Å². The zero-order valence-electron chi connectivity index (χ0n) is 13.1. The van der Waals surface area contributed by atoms with Crippen molar-refractivity contribution in [2.75, 3.05) is 13.7 Å². The van der Waals surface area contributed by atoms with Gasteiger partial charge in [0.05, 0.1) is 7.11 Å². The summed E-state index contributed by atoms with van der Waals surface area (Å²) in [6.45, 7) is 3.42. The SMILES string of the molecule is CCCCCCCN[C@@H]1CCCc2cc(OC)ccc21. The second-order valence-electron chi connectivity index (χ2n) is 5.88. The molecular formula is C18H29NO. The number of fused-ring (bicyclic) bond motifs is 1. The Morgan fingerprint density at radius 1 is 1.20 bits per heavy atom. The summed E-state index contributed by atoms with van der Waals surface area (Å²) >= 11 is 0. The van der Waals surface area contributed by atoms with E-state index in [0.717, 1.165) is 12.3 Å². The highest BCUT2D eigenvalue weighted by molar-refractivity contribution is 5.39. The van der Waals surface area contributed by atoms with E-state index in [2.05, 4.69) is 30.4 Å². The molecule has 2 rings (SSSR count). The fraction of sp³-hybridized carbons (Fsp3) is 0.667. The first-order valence-electron chi connectivity index (χ1n) is 8.25. The molecule has 0 unspecified atom stereocenters. The van der Waals surface area contributed by atoms with Crippen LogP contribution in [-0.2, 0) is 6.42 Å². The van der Waals surface area contributed by atoms with Crippen LogP contribution < -0.4 is 10.1 Å². The minimum Gasteiger partial charge on any atom is -0.497 e. The van der Waals surface area contributed by atoms with Crippen molar-refractivity contribution in [2.24, 2.45) is 0 Å². The van der Waals surface area contributed by atoms with Gasteiger partial charge in [-0.25, -0.2) is 0 Å². The molecule has 0 aromatic heterocycles. The van der Waals surface area contributed by atoms with Crippen LogP contribution in [0.15, 0.2) is 18.2 Å². The van der Waals surface area contributed by atoms with Gasteiger partial charge in [-0.1, -0.05) is 38.7 Å². The van der Waals surface area contributed by atoms with Crippen LogP contribution in [0.25, 0.3) is 0 Å². The van der Waals surface area contributed by atoms with E-state index in [0.29, 0.717) is 6.04 Å². The molecule has 1 atom stereocenters. The van der Waals surface area contributed by atoms with Crippen LogP contribution in [0.3, 0.4) is 0 Å². The average Bonchev–Trinajstić information content (AvgIpc) is 2.50. The summed E-state index contributed by atoms with van der Waals surface area (Å²) in [4.78, 5) is 0. The second-order valence-corrected chi connectivity index (χ2v) is 5.88. The Kier molecular flexibility index (Phi) is 6.38. The first-order valence-corrected chi connectivity index (χ1v) is 8.25. The first kappa shape index (κ1) is 15.4. The molecule has 1 aromatic rings. The highest BCUT2D eigenvalue weighted by Gasteiger charge is 2.19. The Morgan fingerprint density at radius 2 is 2.05 bits per heavy atom. The van der Waals surface area contributed by atoms with E-state index in [-0.39, 0.29) is 0 Å². The molecule has 112 valence electrons. The number of benzene rings is 1. The molecule has 0 saturated heterocycles. The van der Waals surface area contributed by atoms with Gasteiger partial charge in [0, 0.05) is 6.04 Å². The molecule has 0 amide bonds. The van der Waals surface area contributed by atoms with Crippen molar-refractivity contribution >= 4 is 0 Å². The molecule has 2 heteroatoms. The van der Waals surface area contributed by atoms with Crippen LogP contribution in [-0.4, -0.2) is 13.7 Å². The minimum atomic E-state index is 0.552. The smallest absolute Gasteiger partial charge is 0.119 e. The molecule has 0 bridgehead atoms. The van der Waals surface area contributed by atoms with Gasteiger partial charge in [-0.3, -0.25) is 0 Å². The summed E-state index contributed by atoms with van der Waals surface area (Å²) in [7, 11) is 1.75. The molecule has 0 spiro atoms. The molecule has 0 fully saturated rings. The quantitative estimate of drug-likeness (QED) is 0.698. The predicted octanol–water partition coefficient (Wildman–Crippen LogP) is 4.63. The largest absolute Gasteiger partial charge is 0.497 e. The Morgan fingerprint density at radius 3 is 2.85 bits per heavy atom. The fourth-order valence-electron chi connectivity index (χ4n) is 3.13. The summed E-state index contributed by atoms with van der Waals surface area (Å²) in [5, 5.41) is 3.75. The van der Waals surface area contributed by atoms with E-state index in [9.17, 15) is 0 Å². The summed E-state index contributed by atoms with van der Waals surface area (Å²) < 4.78 is 5.33. The zero-order chi connectivity index (χ0) is 14.2. The number of hydrogen-bond acceptors (Lipinski definition) is 2. The molecule has 1 aromatic carbocycles. The van der Waals surface area contributed by atoms with Gasteiger partial charge in [0.1, 0.15) is 5.75 Å². The van der Waals surface area contributed by atoms with E-state index in [1.54, 1.807) is 7.11 Å². The number of nitrogens with one attached hydrogen (secondary N) is 1. The van der Waals surface area contributed by atoms with Crippen LogP contribution >= 0.6 is 0 Å². The van der Waals surface area contributed by atoms with Gasteiger partial charge >= 0.3 is 0 Å². The van der Waals surface area contributed by atoms with Gasteiger partial charge in [0.25, 0.3) is 0 Å². The molecule has 20 heavy (non-hydrogen) atoms. The van der Waals surface area contributed by atoms with Crippen LogP contribution in [0.4, 0.5) is 0 Å². The maximum Gasteiger partial charge on any atom is 0.119 e. The molecule has 0 heterocycles. The van der Waals surface area contributed by atoms with E-state index in [1.807, 2.05) is 0 Å². The Hall–Kier alpha value is -1.02. The van der Waals surface area contributed by atoms with Crippen molar-refractivity contribution in [3.05, 3.63) is 29.3 Å². The molecule has 0 aliphatic heterocycles. The molecule has 1 aliphatic rings. The maximum absolute atomic E-state index is 5.33. The third-order valence-corrected chi connectivity index (χ3v) is 4.34. The van der Waals surface area contributed by atoms with E-state index >= 15 is 0 Å². The summed E-state index contributed by atoms with van der Waals surface area (Å²) in [6, 6.07) is 7.11. The third-order valence-electron chi connectivity index (χ3n) is 4.34. The average molecular weight is 275 g/mol. The van der Waals surface area contributed by atoms with E-state index in [1.165, 1.54) is 62.5 Å². The summed E-state index contributed by atoms with van der Waals surface area (Å²) in [5.41, 5.74) is 2.96. The molecule has 2 nitrogen and oxygen atoms in total. The molecular weight excluding hydrogens is 246 g/mol. The monoisotopic (exact) mass is 275 g/mol. The molecule has 1 N–H and O–H groups in total. The van der Waals surface area contributed by atoms with Crippen molar-refractivity contribution in [1.29, 1.82) is 0 Å². The highest BCUT2D eigenvalue weighted by atomic mass is 16.5. The predicted molar refractivity (Wildman–Crippen MR) is 85.4 cm³/mol. The lowest BCUT2D eigenvalue weighted by atomic mass is 9.87. The van der Waals surface area contributed by atoms with Crippen molar-refractivity contribution in [3.8, 4) is 5.75 Å². The highest BCUT2D eigenvalue weighted by Crippen LogP contribution is 2.32. The van der Waals surface area contributed by atoms with Crippen molar-refractivity contribution in [1.82, 2.24) is 5.32 Å². The van der Waals surface area contributed by atoms with Gasteiger partial charge in [-0.15, -0.1) is 0 Å². The normalized spacial score (nSPS) is 17.8. The number of ether oxygens (including phenoxy) is 1. The van der Waals surface area contributed by atoms with Crippen LogP contribution in [0, 0.1) is 0 Å². The van der Waals surface area contributed by atoms with Gasteiger partial charge in [-0.2, -0.15) is 0 Å². The Labute approximate surface area is 123 Å². The van der Waals surface area contributed by atoms with Gasteiger partial charge < -0.3 is 10.1 Å². The second kappa shape index (κ2) is 8.31. The number of aryl methyl sites for hydroxylation is 1. The maximum atomic E-state index is 5.33. The summed E-state index contributed by atoms with van der Waals surface area (Å²) in [6.07, 6.45) is 10.5. The molecule has 0 saturated carbocycles. The van der Waals surface area contributed by atoms with Crippen molar-refractivity contribution in [2.45, 2.75) is 64.3 Å². The molecule has 0 radical (unpaired) electrons. The minimum absolute atomic E-state index is 0.552. The lowest BCUT2D eigenvalue weighted by Gasteiger charge is -2.27. The zero-order valence-corrected chi connectivity index (χ0v) is 13.1. The lowest BCUT2D eigenvalue weighted by molar-refractivity contribution is 0.410. The van der Waals surface area contributed by atoms with Gasteiger partial charge in [-0.05, 0) is 55.5 Å². The Balaban J connectivity index is 1.82. The number of hydrogen-bond donors (Lipinski definition) is 1. The number of unbranched alkanes of at least 4 members (excludes halogenated alkanes) is 4. The van der Waals surface area contributed by atoms with Crippen molar-refractivity contribution < 1.29 is 4.74 Å². The van der Waals surface area contributed by atoms with E-state index in [4.69, 9.17) is 4.74 Å². The fourth-order valence-corrected chi connectivity index (χ4v) is 3.13.